The first kappa shape index (κ1) is 17.6. The van der Waals surface area contributed by atoms with Gasteiger partial charge in [0.2, 0.25) is 0 Å². The molecule has 2 unspecified atom stereocenters. The Morgan fingerprint density at radius 1 is 1.35 bits per heavy atom. The maximum atomic E-state index is 13.3. The lowest BCUT2D eigenvalue weighted by molar-refractivity contribution is 0.113. The summed E-state index contributed by atoms with van der Waals surface area (Å²) in [4.78, 5) is 2.28. The zero-order chi connectivity index (χ0) is 15.3. The van der Waals surface area contributed by atoms with Crippen molar-refractivity contribution in [3.63, 3.8) is 0 Å². The van der Waals surface area contributed by atoms with Crippen LogP contribution in [0.25, 0.3) is 0 Å². The van der Waals surface area contributed by atoms with Crippen LogP contribution < -0.4 is 5.32 Å². The third-order valence-electron chi connectivity index (χ3n) is 4.36. The zero-order valence-electron chi connectivity index (χ0n) is 13.1. The molecular formula is C16H26BrFN2. The molecule has 0 aromatic heterocycles. The highest BCUT2D eigenvalue weighted by atomic mass is 79.9. The van der Waals surface area contributed by atoms with E-state index in [1.165, 1.54) is 6.07 Å². The summed E-state index contributed by atoms with van der Waals surface area (Å²) in [6.45, 7) is 7.54. The first-order valence-electron chi connectivity index (χ1n) is 7.19. The van der Waals surface area contributed by atoms with Gasteiger partial charge in [-0.15, -0.1) is 0 Å². The Kier molecular flexibility index (Phi) is 6.62. The van der Waals surface area contributed by atoms with Crippen molar-refractivity contribution in [2.45, 2.75) is 45.2 Å². The molecule has 2 nitrogen and oxygen atoms in total. The molecule has 114 valence electrons. The minimum absolute atomic E-state index is 0.0663. The van der Waals surface area contributed by atoms with E-state index in [1.807, 2.05) is 12.1 Å². The van der Waals surface area contributed by atoms with Gasteiger partial charge in [-0.25, -0.2) is 4.39 Å². The average Bonchev–Trinajstić information content (AvgIpc) is 2.41. The lowest BCUT2D eigenvalue weighted by atomic mass is 9.84. The quantitative estimate of drug-likeness (QED) is 0.808. The number of likely N-dealkylation sites (N-methyl/N-ethyl adjacent to an activating group) is 2. The van der Waals surface area contributed by atoms with Gasteiger partial charge >= 0.3 is 0 Å². The Morgan fingerprint density at radius 2 is 2.00 bits per heavy atom. The molecule has 0 aliphatic carbocycles. The normalized spacial score (nSPS) is 16.2. The number of benzene rings is 1. The summed E-state index contributed by atoms with van der Waals surface area (Å²) in [5.74, 6) is -0.209. The molecular weight excluding hydrogens is 319 g/mol. The molecule has 0 saturated heterocycles. The average molecular weight is 345 g/mol. The third-order valence-corrected chi connectivity index (χ3v) is 4.97. The van der Waals surface area contributed by atoms with E-state index in [4.69, 9.17) is 0 Å². The van der Waals surface area contributed by atoms with Crippen LogP contribution in [0.3, 0.4) is 0 Å². The molecule has 0 fully saturated rings. The highest BCUT2D eigenvalue weighted by molar-refractivity contribution is 9.10. The lowest BCUT2D eigenvalue weighted by Crippen LogP contribution is -2.57. The van der Waals surface area contributed by atoms with Crippen molar-refractivity contribution >= 4 is 15.9 Å². The van der Waals surface area contributed by atoms with Crippen LogP contribution in [0.2, 0.25) is 0 Å². The Morgan fingerprint density at radius 3 is 2.45 bits per heavy atom. The fourth-order valence-corrected chi connectivity index (χ4v) is 2.96. The number of nitrogens with one attached hydrogen (secondary N) is 1. The van der Waals surface area contributed by atoms with E-state index in [2.05, 4.69) is 61.0 Å². The summed E-state index contributed by atoms with van der Waals surface area (Å²) in [5.41, 5.74) is 1.21. The summed E-state index contributed by atoms with van der Waals surface area (Å²) in [7, 11) is 4.24. The lowest BCUT2D eigenvalue weighted by Gasteiger charge is -2.43. The molecule has 0 saturated carbocycles. The molecule has 1 aromatic rings. The molecule has 4 heteroatoms. The highest BCUT2D eigenvalue weighted by Gasteiger charge is 2.34. The van der Waals surface area contributed by atoms with Crippen LogP contribution in [0, 0.1) is 5.82 Å². The van der Waals surface area contributed by atoms with Gasteiger partial charge in [-0.2, -0.15) is 0 Å². The topological polar surface area (TPSA) is 15.3 Å². The van der Waals surface area contributed by atoms with E-state index < -0.39 is 0 Å². The van der Waals surface area contributed by atoms with Crippen molar-refractivity contribution in [1.82, 2.24) is 10.2 Å². The van der Waals surface area contributed by atoms with Crippen LogP contribution in [0.5, 0.6) is 0 Å². The van der Waals surface area contributed by atoms with Crippen LogP contribution in [0.1, 0.15) is 32.8 Å². The molecule has 0 aliphatic heterocycles. The number of rotatable bonds is 7. The van der Waals surface area contributed by atoms with Crippen molar-refractivity contribution in [3.05, 3.63) is 34.1 Å². The summed E-state index contributed by atoms with van der Waals surface area (Å²) in [6.07, 6.45) is 1.94. The SMILES string of the molecule is CCNC(Cc1ccc(F)c(Br)c1)C(C)(CC)N(C)C. The first-order valence-corrected chi connectivity index (χ1v) is 7.99. The minimum atomic E-state index is -0.209. The van der Waals surface area contributed by atoms with E-state index in [0.29, 0.717) is 10.5 Å². The third kappa shape index (κ3) is 4.03. The molecule has 2 atom stereocenters. The fourth-order valence-electron chi connectivity index (χ4n) is 2.53. The first-order chi connectivity index (χ1) is 9.35. The standard InChI is InChI=1S/C16H26BrFN2/c1-6-16(3,20(4)5)15(19-7-2)11-12-8-9-14(18)13(17)10-12/h8-10,15,19H,6-7,11H2,1-5H3. The van der Waals surface area contributed by atoms with E-state index in [9.17, 15) is 4.39 Å². The van der Waals surface area contributed by atoms with Gasteiger partial charge in [-0.1, -0.05) is 19.9 Å². The van der Waals surface area contributed by atoms with Crippen molar-refractivity contribution < 1.29 is 4.39 Å². The van der Waals surface area contributed by atoms with Gasteiger partial charge in [0.1, 0.15) is 5.82 Å². The van der Waals surface area contributed by atoms with Crippen molar-refractivity contribution in [2.75, 3.05) is 20.6 Å². The molecule has 0 radical (unpaired) electrons. The Hall–Kier alpha value is -0.450. The zero-order valence-corrected chi connectivity index (χ0v) is 14.7. The number of nitrogens with zero attached hydrogens (tertiary/aromatic N) is 1. The predicted octanol–water partition coefficient (Wildman–Crippen LogP) is 3.84. The Bertz CT molecular complexity index is 436. The van der Waals surface area contributed by atoms with Crippen LogP contribution in [0.4, 0.5) is 4.39 Å². The van der Waals surface area contributed by atoms with Crippen molar-refractivity contribution in [2.24, 2.45) is 0 Å². The predicted molar refractivity (Wildman–Crippen MR) is 87.7 cm³/mol. The molecule has 1 rings (SSSR count). The summed E-state index contributed by atoms with van der Waals surface area (Å²) < 4.78 is 13.9. The van der Waals surface area contributed by atoms with Crippen LogP contribution in [-0.2, 0) is 6.42 Å². The maximum Gasteiger partial charge on any atom is 0.137 e. The van der Waals surface area contributed by atoms with E-state index in [1.54, 1.807) is 0 Å². The molecule has 0 aliphatic rings. The molecule has 0 heterocycles. The smallest absolute Gasteiger partial charge is 0.137 e. The van der Waals surface area contributed by atoms with Crippen LogP contribution >= 0.6 is 15.9 Å². The second-order valence-electron chi connectivity index (χ2n) is 5.67. The van der Waals surface area contributed by atoms with Gasteiger partial charge in [-0.05, 0) is 74.0 Å². The summed E-state index contributed by atoms with van der Waals surface area (Å²) in [5, 5.41) is 3.59. The molecule has 0 spiro atoms. The molecule has 1 aromatic carbocycles. The maximum absolute atomic E-state index is 13.3. The van der Waals surface area contributed by atoms with Crippen LogP contribution in [-0.4, -0.2) is 37.1 Å². The number of halogens is 2. The Balaban J connectivity index is 2.99. The number of hydrogen-bond acceptors (Lipinski definition) is 2. The Labute approximate surface area is 130 Å². The van der Waals surface area contributed by atoms with Gasteiger partial charge in [-0.3, -0.25) is 0 Å². The van der Waals surface area contributed by atoms with Crippen molar-refractivity contribution in [3.8, 4) is 0 Å². The second kappa shape index (κ2) is 7.53. The monoisotopic (exact) mass is 344 g/mol. The minimum Gasteiger partial charge on any atom is -0.312 e. The van der Waals surface area contributed by atoms with Gasteiger partial charge < -0.3 is 10.2 Å². The molecule has 20 heavy (non-hydrogen) atoms. The van der Waals surface area contributed by atoms with E-state index >= 15 is 0 Å². The van der Waals surface area contributed by atoms with Gasteiger partial charge in [0.15, 0.2) is 0 Å². The van der Waals surface area contributed by atoms with Crippen LogP contribution in [0.15, 0.2) is 22.7 Å². The largest absolute Gasteiger partial charge is 0.312 e. The van der Waals surface area contributed by atoms with E-state index in [-0.39, 0.29) is 11.4 Å². The van der Waals surface area contributed by atoms with Gasteiger partial charge in [0, 0.05) is 11.6 Å². The summed E-state index contributed by atoms with van der Waals surface area (Å²) >= 11 is 3.27. The molecule has 0 amide bonds. The van der Waals surface area contributed by atoms with Gasteiger partial charge in [0.05, 0.1) is 4.47 Å². The molecule has 0 bridgehead atoms. The second-order valence-corrected chi connectivity index (χ2v) is 6.52. The summed E-state index contributed by atoms with van der Waals surface area (Å²) in [6, 6.07) is 5.60. The fraction of sp³-hybridized carbons (Fsp3) is 0.625. The number of hydrogen-bond donors (Lipinski definition) is 1. The molecule has 1 N–H and O–H groups in total. The highest BCUT2D eigenvalue weighted by Crippen LogP contribution is 2.25. The van der Waals surface area contributed by atoms with Crippen molar-refractivity contribution in [1.29, 1.82) is 0 Å². The van der Waals surface area contributed by atoms with Gasteiger partial charge in [0.25, 0.3) is 0 Å². The van der Waals surface area contributed by atoms with E-state index in [0.717, 1.165) is 24.9 Å².